The van der Waals surface area contributed by atoms with Gasteiger partial charge in [0.05, 0.1) is 6.61 Å². The van der Waals surface area contributed by atoms with Crippen molar-refractivity contribution in [3.63, 3.8) is 0 Å². The summed E-state index contributed by atoms with van der Waals surface area (Å²) in [4.78, 5) is 11.1. The third kappa shape index (κ3) is 3.10. The number of hydrogen-bond acceptors (Lipinski definition) is 3. The van der Waals surface area contributed by atoms with Crippen molar-refractivity contribution in [2.45, 2.75) is 38.3 Å². The van der Waals surface area contributed by atoms with Crippen LogP contribution in [0.2, 0.25) is 0 Å². The first-order valence-corrected chi connectivity index (χ1v) is 4.73. The molecule has 1 fully saturated rings. The van der Waals surface area contributed by atoms with Crippen LogP contribution < -0.4 is 5.32 Å². The van der Waals surface area contributed by atoms with Crippen molar-refractivity contribution in [2.24, 2.45) is 0 Å². The lowest BCUT2D eigenvalue weighted by atomic mass is 10.2. The van der Waals surface area contributed by atoms with Crippen LogP contribution in [0.1, 0.15) is 13.8 Å². The number of ether oxygens (including phenoxy) is 2. The Morgan fingerprint density at radius 3 is 2.87 bits per heavy atom. The summed E-state index contributed by atoms with van der Waals surface area (Å²) in [6.07, 6.45) is 1.09. The van der Waals surface area contributed by atoms with Crippen LogP contribution in [-0.2, 0) is 9.47 Å². The van der Waals surface area contributed by atoms with Gasteiger partial charge in [0.1, 0.15) is 0 Å². The third-order valence-electron chi connectivity index (χ3n) is 1.91. The highest BCUT2D eigenvalue weighted by Crippen LogP contribution is 2.20. The largest absolute Gasteiger partial charge is 0.441 e. The second kappa shape index (κ2) is 4.99. The van der Waals surface area contributed by atoms with Crippen LogP contribution in [0.3, 0.4) is 0 Å². The molecule has 84 valence electrons. The molecule has 0 saturated carbocycles. The summed E-state index contributed by atoms with van der Waals surface area (Å²) in [5.41, 5.74) is 0. The highest BCUT2D eigenvalue weighted by atomic mass is 19.1. The molecule has 0 unspecified atom stereocenters. The quantitative estimate of drug-likeness (QED) is 0.695. The highest BCUT2D eigenvalue weighted by Gasteiger charge is 2.39. The smallest absolute Gasteiger partial charge is 0.407 e. The van der Waals surface area contributed by atoms with Gasteiger partial charge in [-0.15, -0.1) is 6.42 Å². The molecule has 0 aromatic heterocycles. The predicted molar refractivity (Wildman–Crippen MR) is 52.0 cm³/mol. The summed E-state index contributed by atoms with van der Waals surface area (Å²) in [5, 5.41) is 2.49. The number of alkyl halides is 1. The molecule has 1 aliphatic heterocycles. The number of halogens is 1. The van der Waals surface area contributed by atoms with Crippen LogP contribution in [0.25, 0.3) is 0 Å². The zero-order chi connectivity index (χ0) is 11.4. The van der Waals surface area contributed by atoms with Gasteiger partial charge in [-0.2, -0.15) is 0 Å². The number of amides is 1. The third-order valence-corrected chi connectivity index (χ3v) is 1.91. The zero-order valence-electron chi connectivity index (χ0n) is 8.70. The van der Waals surface area contributed by atoms with E-state index in [9.17, 15) is 9.18 Å². The predicted octanol–water partition coefficient (Wildman–Crippen LogP) is 0.860. The minimum Gasteiger partial charge on any atom is -0.441 e. The molecule has 15 heavy (non-hydrogen) atoms. The summed E-state index contributed by atoms with van der Waals surface area (Å²) in [6, 6.07) is -0.0543. The first-order valence-electron chi connectivity index (χ1n) is 4.73. The van der Waals surface area contributed by atoms with Gasteiger partial charge < -0.3 is 14.8 Å². The first kappa shape index (κ1) is 11.8. The SMILES string of the molecule is C#C[C@H]1OC[C@@H](OC(=O)NC(C)C)[C@@H]1F. The average molecular weight is 215 g/mol. The van der Waals surface area contributed by atoms with Gasteiger partial charge in [-0.3, -0.25) is 0 Å². The van der Waals surface area contributed by atoms with Crippen molar-refractivity contribution in [3.05, 3.63) is 0 Å². The lowest BCUT2D eigenvalue weighted by Crippen LogP contribution is -2.37. The molecule has 1 rings (SSSR count). The van der Waals surface area contributed by atoms with Gasteiger partial charge in [0.2, 0.25) is 0 Å². The van der Waals surface area contributed by atoms with Gasteiger partial charge in [-0.1, -0.05) is 5.92 Å². The molecular formula is C10H14FNO3. The van der Waals surface area contributed by atoms with Crippen molar-refractivity contribution >= 4 is 6.09 Å². The van der Waals surface area contributed by atoms with E-state index in [2.05, 4.69) is 11.2 Å². The highest BCUT2D eigenvalue weighted by molar-refractivity contribution is 5.67. The maximum Gasteiger partial charge on any atom is 0.407 e. The second-order valence-corrected chi connectivity index (χ2v) is 3.61. The van der Waals surface area contributed by atoms with E-state index in [1.807, 2.05) is 0 Å². The molecule has 0 radical (unpaired) electrons. The lowest BCUT2D eigenvalue weighted by Gasteiger charge is -2.15. The van der Waals surface area contributed by atoms with E-state index in [1.165, 1.54) is 0 Å². The molecule has 1 amide bonds. The van der Waals surface area contributed by atoms with E-state index in [0.717, 1.165) is 0 Å². The first-order chi connectivity index (χ1) is 7.04. The number of carbonyl (C=O) groups is 1. The summed E-state index contributed by atoms with van der Waals surface area (Å²) in [6.45, 7) is 3.56. The van der Waals surface area contributed by atoms with Crippen LogP contribution in [0.4, 0.5) is 9.18 Å². The average Bonchev–Trinajstić information content (AvgIpc) is 2.46. The summed E-state index contributed by atoms with van der Waals surface area (Å²) in [7, 11) is 0. The number of terminal acetylenes is 1. The number of rotatable bonds is 2. The minimum absolute atomic E-state index is 0.00154. The molecular weight excluding hydrogens is 201 g/mol. The molecule has 5 heteroatoms. The fourth-order valence-corrected chi connectivity index (χ4v) is 1.22. The monoisotopic (exact) mass is 215 g/mol. The van der Waals surface area contributed by atoms with Crippen molar-refractivity contribution in [1.82, 2.24) is 5.32 Å². The maximum absolute atomic E-state index is 13.4. The fourth-order valence-electron chi connectivity index (χ4n) is 1.22. The van der Waals surface area contributed by atoms with Gasteiger partial charge in [0.15, 0.2) is 18.4 Å². The van der Waals surface area contributed by atoms with Gasteiger partial charge >= 0.3 is 6.09 Å². The molecule has 0 aliphatic carbocycles. The second-order valence-electron chi connectivity index (χ2n) is 3.61. The standard InChI is InChI=1S/C10H14FNO3/c1-4-7-9(11)8(5-14-7)15-10(13)12-6(2)3/h1,6-9H,5H2,2-3H3,(H,12,13)/t7-,8-,9-/m1/s1. The molecule has 4 nitrogen and oxygen atoms in total. The Balaban J connectivity index is 2.41. The van der Waals surface area contributed by atoms with Crippen LogP contribution in [0.15, 0.2) is 0 Å². The van der Waals surface area contributed by atoms with Gasteiger partial charge in [0, 0.05) is 6.04 Å². The Bertz CT molecular complexity index is 274. The van der Waals surface area contributed by atoms with Crippen molar-refractivity contribution in [2.75, 3.05) is 6.61 Å². The summed E-state index contributed by atoms with van der Waals surface area (Å²) >= 11 is 0. The van der Waals surface area contributed by atoms with Crippen LogP contribution >= 0.6 is 0 Å². The Labute approximate surface area is 88.1 Å². The summed E-state index contributed by atoms with van der Waals surface area (Å²) in [5.74, 6) is 2.15. The molecule has 0 spiro atoms. The van der Waals surface area contributed by atoms with E-state index in [1.54, 1.807) is 13.8 Å². The van der Waals surface area contributed by atoms with E-state index < -0.39 is 24.5 Å². The van der Waals surface area contributed by atoms with Crippen LogP contribution in [0, 0.1) is 12.3 Å². The molecule has 1 aliphatic rings. The normalized spacial score (nSPS) is 29.9. The molecule has 1 N–H and O–H groups in total. The molecule has 3 atom stereocenters. The van der Waals surface area contributed by atoms with E-state index in [0.29, 0.717) is 0 Å². The molecule has 0 bridgehead atoms. The van der Waals surface area contributed by atoms with Crippen molar-refractivity contribution < 1.29 is 18.7 Å². The van der Waals surface area contributed by atoms with E-state index in [-0.39, 0.29) is 12.6 Å². The zero-order valence-corrected chi connectivity index (χ0v) is 8.70. The molecule has 0 aromatic rings. The maximum atomic E-state index is 13.4. The number of nitrogens with one attached hydrogen (secondary N) is 1. The van der Waals surface area contributed by atoms with Crippen LogP contribution in [-0.4, -0.2) is 37.1 Å². The Kier molecular flexibility index (Phi) is 3.92. The Hall–Kier alpha value is -1.28. The van der Waals surface area contributed by atoms with Gasteiger partial charge in [0.25, 0.3) is 0 Å². The topological polar surface area (TPSA) is 47.6 Å². The lowest BCUT2D eigenvalue weighted by molar-refractivity contribution is 0.0618. The number of alkyl carbamates (subject to hydrolysis) is 1. The Morgan fingerprint density at radius 2 is 2.40 bits per heavy atom. The molecule has 1 heterocycles. The van der Waals surface area contributed by atoms with Gasteiger partial charge in [-0.05, 0) is 13.8 Å². The van der Waals surface area contributed by atoms with Gasteiger partial charge in [-0.25, -0.2) is 9.18 Å². The number of hydrogen-bond donors (Lipinski definition) is 1. The van der Waals surface area contributed by atoms with Crippen LogP contribution in [0.5, 0.6) is 0 Å². The fraction of sp³-hybridized carbons (Fsp3) is 0.700. The van der Waals surface area contributed by atoms with E-state index in [4.69, 9.17) is 15.9 Å². The molecule has 0 aromatic carbocycles. The van der Waals surface area contributed by atoms with E-state index >= 15 is 0 Å². The Morgan fingerprint density at radius 1 is 1.73 bits per heavy atom. The van der Waals surface area contributed by atoms with Crippen molar-refractivity contribution in [3.8, 4) is 12.3 Å². The minimum atomic E-state index is -1.45. The molecule has 1 saturated heterocycles. The number of carbonyl (C=O) groups excluding carboxylic acids is 1. The van der Waals surface area contributed by atoms with Crippen molar-refractivity contribution in [1.29, 1.82) is 0 Å². The summed E-state index contributed by atoms with van der Waals surface area (Å²) < 4.78 is 23.1.